The Morgan fingerprint density at radius 2 is 0.862 bits per heavy atom. The van der Waals surface area contributed by atoms with Gasteiger partial charge in [0, 0.05) is 52.5 Å². The molecule has 0 bridgehead atoms. The molecule has 0 fully saturated rings. The molecule has 7 rings (SSSR count). The Morgan fingerprint density at radius 3 is 1.22 bits per heavy atom. The van der Waals surface area contributed by atoms with E-state index in [0.717, 1.165) is 109 Å². The Labute approximate surface area is 389 Å². The number of nitrogens with zero attached hydrogens (tertiary/aromatic N) is 4. The van der Waals surface area contributed by atoms with E-state index < -0.39 is 0 Å². The fraction of sp³-hybridized carbons (Fsp3) is 0.390. The average Bonchev–Trinajstić information content (AvgIpc) is 3.57. The minimum absolute atomic E-state index is 0.0947. The highest BCUT2D eigenvalue weighted by molar-refractivity contribution is 5.86. The van der Waals surface area contributed by atoms with Gasteiger partial charge in [-0.3, -0.25) is 0 Å². The van der Waals surface area contributed by atoms with E-state index in [-0.39, 0.29) is 5.41 Å². The first kappa shape index (κ1) is 47.1. The summed E-state index contributed by atoms with van der Waals surface area (Å²) in [5.41, 5.74) is 14.4. The van der Waals surface area contributed by atoms with Gasteiger partial charge < -0.3 is 9.47 Å². The molecule has 2 atom stereocenters. The number of benzene rings is 4. The maximum atomic E-state index is 6.09. The third-order valence-electron chi connectivity index (χ3n) is 13.1. The van der Waals surface area contributed by atoms with Crippen molar-refractivity contribution in [3.05, 3.63) is 144 Å². The second-order valence-corrected chi connectivity index (χ2v) is 18.9. The molecular weight excluding hydrogens is 797 g/mol. The predicted octanol–water partition coefficient (Wildman–Crippen LogP) is 16.1. The molecule has 2 unspecified atom stereocenters. The molecular formula is C59H70N4O2. The summed E-state index contributed by atoms with van der Waals surface area (Å²) < 4.78 is 12.2. The molecule has 0 spiro atoms. The van der Waals surface area contributed by atoms with Gasteiger partial charge in [0.05, 0.1) is 13.2 Å². The number of rotatable bonds is 22. The molecule has 338 valence electrons. The zero-order valence-electron chi connectivity index (χ0n) is 40.3. The standard InChI is InChI=1S/C59H70N4O2/c1-9-31-59(32-10-2)55-35-47(49-37-60-57(61-38-49)45-17-23-51(24-18-45)64-33-29-43(7)15-11-13-41(3)4)21-27-53(55)54-28-22-48(36-56(54)59)50-39-62-58(63-40-50)46-19-25-52(26-20-46)65-34-30-44(8)16-12-14-42(5)6/h13-14,17-28,35-40,43-44H,9-12,15-16,29-34H2,1-8H3. The van der Waals surface area contributed by atoms with Crippen LogP contribution in [0.2, 0.25) is 0 Å². The Morgan fingerprint density at radius 1 is 0.492 bits per heavy atom. The van der Waals surface area contributed by atoms with Crippen molar-refractivity contribution >= 4 is 0 Å². The lowest BCUT2D eigenvalue weighted by Crippen LogP contribution is -2.25. The molecule has 0 saturated heterocycles. The molecule has 1 aliphatic rings. The molecule has 2 heterocycles. The van der Waals surface area contributed by atoms with E-state index in [1.807, 2.05) is 49.1 Å². The molecule has 4 aromatic carbocycles. The van der Waals surface area contributed by atoms with Gasteiger partial charge in [0.25, 0.3) is 0 Å². The third-order valence-corrected chi connectivity index (χ3v) is 13.1. The van der Waals surface area contributed by atoms with Gasteiger partial charge in [-0.15, -0.1) is 0 Å². The molecule has 6 heteroatoms. The smallest absolute Gasteiger partial charge is 0.159 e. The summed E-state index contributed by atoms with van der Waals surface area (Å²) in [6.45, 7) is 19.3. The van der Waals surface area contributed by atoms with Crippen molar-refractivity contribution in [3.8, 4) is 67.7 Å². The van der Waals surface area contributed by atoms with Gasteiger partial charge in [0.1, 0.15) is 11.5 Å². The first-order valence-electron chi connectivity index (χ1n) is 24.2. The molecule has 65 heavy (non-hydrogen) atoms. The van der Waals surface area contributed by atoms with Crippen LogP contribution >= 0.6 is 0 Å². The maximum Gasteiger partial charge on any atom is 0.159 e. The van der Waals surface area contributed by atoms with Crippen LogP contribution < -0.4 is 9.47 Å². The van der Waals surface area contributed by atoms with E-state index in [1.54, 1.807) is 0 Å². The zero-order valence-corrected chi connectivity index (χ0v) is 40.3. The van der Waals surface area contributed by atoms with Crippen molar-refractivity contribution in [3.63, 3.8) is 0 Å². The highest BCUT2D eigenvalue weighted by Crippen LogP contribution is 2.55. The number of fused-ring (bicyclic) bond motifs is 3. The van der Waals surface area contributed by atoms with Gasteiger partial charge in [-0.05, 0) is 185 Å². The number of allylic oxidation sites excluding steroid dienone is 4. The van der Waals surface area contributed by atoms with Gasteiger partial charge >= 0.3 is 0 Å². The monoisotopic (exact) mass is 867 g/mol. The second-order valence-electron chi connectivity index (χ2n) is 18.9. The summed E-state index contributed by atoms with van der Waals surface area (Å²) in [7, 11) is 0. The summed E-state index contributed by atoms with van der Waals surface area (Å²) in [6, 6.07) is 30.3. The van der Waals surface area contributed by atoms with E-state index in [0.29, 0.717) is 23.5 Å². The van der Waals surface area contributed by atoms with Crippen molar-refractivity contribution in [2.75, 3.05) is 13.2 Å². The maximum absolute atomic E-state index is 6.09. The molecule has 2 aromatic heterocycles. The first-order valence-corrected chi connectivity index (χ1v) is 24.2. The van der Waals surface area contributed by atoms with Gasteiger partial charge in [0.15, 0.2) is 11.6 Å². The molecule has 6 aromatic rings. The highest BCUT2D eigenvalue weighted by atomic mass is 16.5. The van der Waals surface area contributed by atoms with Crippen LogP contribution in [0, 0.1) is 11.8 Å². The topological polar surface area (TPSA) is 70.0 Å². The van der Waals surface area contributed by atoms with Gasteiger partial charge in [-0.25, -0.2) is 19.9 Å². The Hall–Kier alpha value is -5.88. The van der Waals surface area contributed by atoms with Gasteiger partial charge in [-0.1, -0.05) is 88.1 Å². The molecule has 0 amide bonds. The predicted molar refractivity (Wildman–Crippen MR) is 271 cm³/mol. The Kier molecular flexibility index (Phi) is 16.2. The summed E-state index contributed by atoms with van der Waals surface area (Å²) in [5.74, 6) is 4.45. The van der Waals surface area contributed by atoms with Crippen LogP contribution in [0.25, 0.3) is 56.2 Å². The van der Waals surface area contributed by atoms with E-state index in [1.165, 1.54) is 46.2 Å². The lowest BCUT2D eigenvalue weighted by atomic mass is 9.71. The first-order chi connectivity index (χ1) is 31.6. The normalized spacial score (nSPS) is 13.4. The van der Waals surface area contributed by atoms with Crippen molar-refractivity contribution < 1.29 is 9.47 Å². The van der Waals surface area contributed by atoms with E-state index >= 15 is 0 Å². The van der Waals surface area contributed by atoms with Crippen molar-refractivity contribution in [2.45, 2.75) is 125 Å². The van der Waals surface area contributed by atoms with E-state index in [2.05, 4.69) is 128 Å². The van der Waals surface area contributed by atoms with E-state index in [4.69, 9.17) is 29.4 Å². The lowest BCUT2D eigenvalue weighted by Gasteiger charge is -2.32. The molecule has 0 aliphatic heterocycles. The number of ether oxygens (including phenoxy) is 2. The number of aromatic nitrogens is 4. The van der Waals surface area contributed by atoms with Gasteiger partial charge in [0.2, 0.25) is 0 Å². The minimum Gasteiger partial charge on any atom is -0.494 e. The third kappa shape index (κ3) is 11.9. The Balaban J connectivity index is 1.02. The van der Waals surface area contributed by atoms with Crippen LogP contribution in [0.4, 0.5) is 0 Å². The molecule has 0 radical (unpaired) electrons. The second kappa shape index (κ2) is 22.3. The average molecular weight is 867 g/mol. The summed E-state index contributed by atoms with van der Waals surface area (Å²) in [5, 5.41) is 0. The van der Waals surface area contributed by atoms with Crippen LogP contribution in [0.1, 0.15) is 131 Å². The fourth-order valence-corrected chi connectivity index (χ4v) is 9.38. The summed E-state index contributed by atoms with van der Waals surface area (Å²) >= 11 is 0. The van der Waals surface area contributed by atoms with Crippen molar-refractivity contribution in [1.82, 2.24) is 19.9 Å². The SMILES string of the molecule is CCCC1(CCC)c2cc(-c3cnc(-c4ccc(OCCC(C)CCC=C(C)C)cc4)nc3)ccc2-c2ccc(-c3cnc(-c4ccc(OCCC(C)CCC=C(C)C)cc4)nc3)cc21. The Bertz CT molecular complexity index is 2330. The molecule has 0 N–H and O–H groups in total. The summed E-state index contributed by atoms with van der Waals surface area (Å²) in [4.78, 5) is 19.4. The van der Waals surface area contributed by atoms with Gasteiger partial charge in [-0.2, -0.15) is 0 Å². The zero-order chi connectivity index (χ0) is 45.8. The molecule has 0 saturated carbocycles. The fourth-order valence-electron chi connectivity index (χ4n) is 9.38. The van der Waals surface area contributed by atoms with Crippen molar-refractivity contribution in [1.29, 1.82) is 0 Å². The lowest BCUT2D eigenvalue weighted by molar-refractivity contribution is 0.279. The van der Waals surface area contributed by atoms with Crippen LogP contribution in [-0.2, 0) is 5.41 Å². The quantitative estimate of drug-likeness (QED) is 0.0633. The minimum atomic E-state index is -0.0947. The van der Waals surface area contributed by atoms with E-state index in [9.17, 15) is 0 Å². The molecule has 6 nitrogen and oxygen atoms in total. The van der Waals surface area contributed by atoms with Crippen LogP contribution in [-0.4, -0.2) is 33.1 Å². The highest BCUT2D eigenvalue weighted by Gasteiger charge is 2.42. The van der Waals surface area contributed by atoms with Crippen molar-refractivity contribution in [2.24, 2.45) is 11.8 Å². The van der Waals surface area contributed by atoms with Crippen LogP contribution in [0.5, 0.6) is 11.5 Å². The molecule has 1 aliphatic carbocycles. The number of hydrogen-bond donors (Lipinski definition) is 0. The van der Waals surface area contributed by atoms with Crippen LogP contribution in [0.15, 0.2) is 133 Å². The number of hydrogen-bond acceptors (Lipinski definition) is 6. The largest absolute Gasteiger partial charge is 0.494 e. The van der Waals surface area contributed by atoms with Crippen LogP contribution in [0.3, 0.4) is 0 Å². The summed E-state index contributed by atoms with van der Waals surface area (Å²) in [6.07, 6.45) is 23.6.